The molecule has 1 aromatic rings. The Morgan fingerprint density at radius 2 is 2.17 bits per heavy atom. The number of ether oxygens (including phenoxy) is 2. The lowest BCUT2D eigenvalue weighted by Crippen LogP contribution is -2.43. The smallest absolute Gasteiger partial charge is 0.422 e. The SMILES string of the molecule is CN=C(NCc1cccnc1OCC(F)(F)F)NC(C)COC. The van der Waals surface area contributed by atoms with E-state index in [4.69, 9.17) is 9.47 Å². The lowest BCUT2D eigenvalue weighted by atomic mass is 10.2. The number of halogens is 3. The largest absolute Gasteiger partial charge is 0.468 e. The number of rotatable bonds is 7. The number of hydrogen-bond acceptors (Lipinski definition) is 4. The van der Waals surface area contributed by atoms with Gasteiger partial charge in [0.25, 0.3) is 0 Å². The van der Waals surface area contributed by atoms with Crippen LogP contribution < -0.4 is 15.4 Å². The quantitative estimate of drug-likeness (QED) is 0.587. The topological polar surface area (TPSA) is 67.8 Å². The van der Waals surface area contributed by atoms with Crippen LogP contribution in [0.5, 0.6) is 5.88 Å². The monoisotopic (exact) mass is 334 g/mol. The van der Waals surface area contributed by atoms with Crippen molar-refractivity contribution in [3.8, 4) is 5.88 Å². The standard InChI is InChI=1S/C14H21F3N4O2/c1-10(8-22-3)21-13(18-2)20-7-11-5-4-6-19-12(11)23-9-14(15,16)17/h4-6,10H,7-9H2,1-3H3,(H2,18,20,21). The summed E-state index contributed by atoms with van der Waals surface area (Å²) < 4.78 is 46.5. The molecule has 1 heterocycles. The molecule has 0 saturated heterocycles. The summed E-state index contributed by atoms with van der Waals surface area (Å²) in [6.07, 6.45) is -3.03. The molecule has 1 unspecified atom stereocenters. The van der Waals surface area contributed by atoms with Crippen molar-refractivity contribution in [3.05, 3.63) is 23.9 Å². The number of methoxy groups -OCH3 is 1. The molecule has 0 spiro atoms. The molecule has 2 N–H and O–H groups in total. The minimum Gasteiger partial charge on any atom is -0.468 e. The van der Waals surface area contributed by atoms with Crippen molar-refractivity contribution in [2.24, 2.45) is 4.99 Å². The lowest BCUT2D eigenvalue weighted by Gasteiger charge is -2.18. The Labute approximate surface area is 133 Å². The van der Waals surface area contributed by atoms with Crippen LogP contribution in [0.15, 0.2) is 23.3 Å². The zero-order valence-electron chi connectivity index (χ0n) is 13.3. The molecule has 0 aliphatic carbocycles. The van der Waals surface area contributed by atoms with Crippen LogP contribution in [-0.2, 0) is 11.3 Å². The van der Waals surface area contributed by atoms with Gasteiger partial charge in [-0.2, -0.15) is 13.2 Å². The Morgan fingerprint density at radius 1 is 1.43 bits per heavy atom. The Bertz CT molecular complexity index is 509. The van der Waals surface area contributed by atoms with Gasteiger partial charge in [0, 0.05) is 38.5 Å². The van der Waals surface area contributed by atoms with E-state index in [1.54, 1.807) is 26.3 Å². The third-order valence-corrected chi connectivity index (χ3v) is 2.69. The first-order chi connectivity index (χ1) is 10.9. The van der Waals surface area contributed by atoms with Crippen LogP contribution in [0.2, 0.25) is 0 Å². The van der Waals surface area contributed by atoms with E-state index in [-0.39, 0.29) is 18.5 Å². The van der Waals surface area contributed by atoms with Crippen molar-refractivity contribution in [1.82, 2.24) is 15.6 Å². The summed E-state index contributed by atoms with van der Waals surface area (Å²) in [4.78, 5) is 7.87. The third kappa shape index (κ3) is 7.68. The molecule has 0 bridgehead atoms. The number of aromatic nitrogens is 1. The molecule has 9 heteroatoms. The van der Waals surface area contributed by atoms with E-state index in [1.807, 2.05) is 6.92 Å². The molecule has 0 radical (unpaired) electrons. The predicted octanol–water partition coefficient (Wildman–Crippen LogP) is 1.72. The second-order valence-corrected chi connectivity index (χ2v) is 4.80. The highest BCUT2D eigenvalue weighted by Crippen LogP contribution is 2.19. The summed E-state index contributed by atoms with van der Waals surface area (Å²) in [7, 11) is 3.19. The lowest BCUT2D eigenvalue weighted by molar-refractivity contribution is -0.154. The van der Waals surface area contributed by atoms with E-state index >= 15 is 0 Å². The summed E-state index contributed by atoms with van der Waals surface area (Å²) in [6.45, 7) is 1.25. The van der Waals surface area contributed by atoms with Crippen molar-refractivity contribution in [2.75, 3.05) is 27.4 Å². The number of guanidine groups is 1. The molecule has 0 amide bonds. The molecule has 0 aliphatic rings. The number of aliphatic imine (C=N–C) groups is 1. The Kier molecular flexibility index (Phi) is 7.60. The normalized spacial score (nSPS) is 13.6. The summed E-state index contributed by atoms with van der Waals surface area (Å²) in [5, 5.41) is 6.08. The van der Waals surface area contributed by atoms with Crippen LogP contribution in [0.3, 0.4) is 0 Å². The fourth-order valence-electron chi connectivity index (χ4n) is 1.74. The van der Waals surface area contributed by atoms with Crippen molar-refractivity contribution >= 4 is 5.96 Å². The van der Waals surface area contributed by atoms with E-state index in [2.05, 4.69) is 20.6 Å². The van der Waals surface area contributed by atoms with Crippen molar-refractivity contribution in [2.45, 2.75) is 25.7 Å². The minimum absolute atomic E-state index is 0.0287. The highest BCUT2D eigenvalue weighted by atomic mass is 19.4. The van der Waals surface area contributed by atoms with Crippen molar-refractivity contribution < 1.29 is 22.6 Å². The van der Waals surface area contributed by atoms with Gasteiger partial charge in [-0.05, 0) is 13.0 Å². The van der Waals surface area contributed by atoms with Crippen LogP contribution in [0, 0.1) is 0 Å². The van der Waals surface area contributed by atoms with Crippen molar-refractivity contribution in [1.29, 1.82) is 0 Å². The van der Waals surface area contributed by atoms with Crippen LogP contribution in [0.25, 0.3) is 0 Å². The van der Waals surface area contributed by atoms with Gasteiger partial charge < -0.3 is 20.1 Å². The number of nitrogens with zero attached hydrogens (tertiary/aromatic N) is 2. The summed E-state index contributed by atoms with van der Waals surface area (Å²) in [5.74, 6) is 0.442. The molecule has 1 atom stereocenters. The molecule has 0 saturated carbocycles. The predicted molar refractivity (Wildman–Crippen MR) is 80.5 cm³/mol. The molecule has 1 aromatic heterocycles. The van der Waals surface area contributed by atoms with Gasteiger partial charge in [0.15, 0.2) is 12.6 Å². The summed E-state index contributed by atoms with van der Waals surface area (Å²) in [5.41, 5.74) is 0.499. The van der Waals surface area contributed by atoms with E-state index in [1.165, 1.54) is 6.20 Å². The second-order valence-electron chi connectivity index (χ2n) is 4.80. The number of nitrogens with one attached hydrogen (secondary N) is 2. The van der Waals surface area contributed by atoms with Crippen molar-refractivity contribution in [3.63, 3.8) is 0 Å². The molecule has 23 heavy (non-hydrogen) atoms. The van der Waals surface area contributed by atoms with Crippen LogP contribution >= 0.6 is 0 Å². The Morgan fingerprint density at radius 3 is 2.78 bits per heavy atom. The minimum atomic E-state index is -4.41. The van der Waals surface area contributed by atoms with E-state index in [0.717, 1.165) is 0 Å². The van der Waals surface area contributed by atoms with Gasteiger partial charge >= 0.3 is 6.18 Å². The highest BCUT2D eigenvalue weighted by Gasteiger charge is 2.29. The maximum absolute atomic E-state index is 12.2. The first-order valence-corrected chi connectivity index (χ1v) is 6.95. The molecular formula is C14H21F3N4O2. The van der Waals surface area contributed by atoms with Gasteiger partial charge in [-0.15, -0.1) is 0 Å². The molecule has 1 rings (SSSR count). The van der Waals surface area contributed by atoms with Gasteiger partial charge in [0.1, 0.15) is 0 Å². The first kappa shape index (κ1) is 19.0. The average molecular weight is 334 g/mol. The number of pyridine rings is 1. The molecule has 0 aliphatic heterocycles. The van der Waals surface area contributed by atoms with Gasteiger partial charge in [0.05, 0.1) is 6.61 Å². The highest BCUT2D eigenvalue weighted by molar-refractivity contribution is 5.79. The Hall–Kier alpha value is -2.03. The third-order valence-electron chi connectivity index (χ3n) is 2.69. The van der Waals surface area contributed by atoms with Gasteiger partial charge in [0.2, 0.25) is 5.88 Å². The van der Waals surface area contributed by atoms with E-state index in [0.29, 0.717) is 18.1 Å². The summed E-state index contributed by atoms with van der Waals surface area (Å²) in [6, 6.07) is 3.29. The second kappa shape index (κ2) is 9.19. The number of hydrogen-bond donors (Lipinski definition) is 2. The fourth-order valence-corrected chi connectivity index (χ4v) is 1.74. The molecular weight excluding hydrogens is 313 g/mol. The maximum atomic E-state index is 12.2. The fraction of sp³-hybridized carbons (Fsp3) is 0.571. The van der Waals surface area contributed by atoms with Gasteiger partial charge in [-0.1, -0.05) is 6.07 Å². The van der Waals surface area contributed by atoms with Gasteiger partial charge in [-0.3, -0.25) is 4.99 Å². The van der Waals surface area contributed by atoms with E-state index in [9.17, 15) is 13.2 Å². The number of alkyl halides is 3. The molecule has 0 fully saturated rings. The van der Waals surface area contributed by atoms with Gasteiger partial charge in [-0.25, -0.2) is 4.98 Å². The molecule has 0 aromatic carbocycles. The Balaban J connectivity index is 2.62. The van der Waals surface area contributed by atoms with Crippen LogP contribution in [-0.4, -0.2) is 50.5 Å². The average Bonchev–Trinajstić information content (AvgIpc) is 2.49. The maximum Gasteiger partial charge on any atom is 0.422 e. The molecule has 6 nitrogen and oxygen atoms in total. The summed E-state index contributed by atoms with van der Waals surface area (Å²) >= 11 is 0. The molecule has 130 valence electrons. The zero-order chi connectivity index (χ0) is 17.3. The first-order valence-electron chi connectivity index (χ1n) is 6.95. The van der Waals surface area contributed by atoms with Crippen LogP contribution in [0.1, 0.15) is 12.5 Å². The van der Waals surface area contributed by atoms with E-state index < -0.39 is 12.8 Å². The van der Waals surface area contributed by atoms with Crippen LogP contribution in [0.4, 0.5) is 13.2 Å². The zero-order valence-corrected chi connectivity index (χ0v) is 13.3.